The van der Waals surface area contributed by atoms with Crippen molar-refractivity contribution >= 4 is 56.4 Å². The van der Waals surface area contributed by atoms with Gasteiger partial charge in [-0.2, -0.15) is 0 Å². The van der Waals surface area contributed by atoms with Crippen molar-refractivity contribution in [2.75, 3.05) is 13.7 Å². The minimum Gasteiger partial charge on any atom is -0.393 e. The van der Waals surface area contributed by atoms with Gasteiger partial charge < -0.3 is 20.1 Å². The van der Waals surface area contributed by atoms with Crippen LogP contribution in [0.3, 0.4) is 0 Å². The van der Waals surface area contributed by atoms with Gasteiger partial charge in [0.25, 0.3) is 5.91 Å². The number of aromatic amines is 1. The van der Waals surface area contributed by atoms with Crippen LogP contribution in [0.25, 0.3) is 10.2 Å². The van der Waals surface area contributed by atoms with Crippen molar-refractivity contribution in [1.82, 2.24) is 9.88 Å². The van der Waals surface area contributed by atoms with E-state index in [1.165, 1.54) is 21.8 Å². The number of aliphatic hydroxyl groups excluding tert-OH is 2. The summed E-state index contributed by atoms with van der Waals surface area (Å²) in [5.41, 5.74) is 3.44. The molecule has 2 heterocycles. The molecule has 6 nitrogen and oxygen atoms in total. The van der Waals surface area contributed by atoms with Gasteiger partial charge >= 0.3 is 0 Å². The molecule has 1 aliphatic rings. The molecule has 0 spiro atoms. The number of aliphatic hydroxyl groups is 2. The van der Waals surface area contributed by atoms with E-state index in [-0.39, 0.29) is 17.7 Å². The van der Waals surface area contributed by atoms with Crippen LogP contribution in [0.4, 0.5) is 0 Å². The van der Waals surface area contributed by atoms with Gasteiger partial charge in [0.2, 0.25) is 0 Å². The standard InChI is InChI=1S/C23H24Cl2N2O4S/c1-27(23(31)17(30)11-28)21-13(9-12-5-2-3-7-14(12)21)6-4-8-16(29)15-10-18-20(26-15)19(24)22(25)32-18/h2-3,5,7,10,13,17,21,26,28,30H,4,6,8-9,11H2,1H3/t13?,17-,21+/m1/s1. The molecule has 0 fully saturated rings. The van der Waals surface area contributed by atoms with Crippen molar-refractivity contribution in [2.45, 2.75) is 37.8 Å². The predicted molar refractivity (Wildman–Crippen MR) is 127 cm³/mol. The van der Waals surface area contributed by atoms with Gasteiger partial charge in [0.15, 0.2) is 11.9 Å². The van der Waals surface area contributed by atoms with Crippen LogP contribution in [0.1, 0.15) is 46.9 Å². The van der Waals surface area contributed by atoms with Gasteiger partial charge in [0.05, 0.1) is 33.6 Å². The largest absolute Gasteiger partial charge is 0.393 e. The number of aromatic nitrogens is 1. The third kappa shape index (κ3) is 4.32. The third-order valence-corrected chi connectivity index (χ3v) is 8.11. The number of thiophene rings is 1. The van der Waals surface area contributed by atoms with Gasteiger partial charge in [-0.05, 0) is 42.4 Å². The van der Waals surface area contributed by atoms with Crippen molar-refractivity contribution < 1.29 is 19.8 Å². The summed E-state index contributed by atoms with van der Waals surface area (Å²) < 4.78 is 1.36. The highest BCUT2D eigenvalue weighted by molar-refractivity contribution is 7.23. The SMILES string of the molecule is CN(C(=O)[C@H](O)CO)[C@@H]1c2ccccc2CC1CCCC(=O)c1cc2sc(Cl)c(Cl)c2[nH]1. The number of amides is 1. The molecule has 0 saturated carbocycles. The summed E-state index contributed by atoms with van der Waals surface area (Å²) >= 11 is 13.5. The Hall–Kier alpha value is -1.90. The van der Waals surface area contributed by atoms with E-state index >= 15 is 0 Å². The van der Waals surface area contributed by atoms with Crippen molar-refractivity contribution in [3.63, 3.8) is 0 Å². The summed E-state index contributed by atoms with van der Waals surface area (Å²) in [4.78, 5) is 29.9. The van der Waals surface area contributed by atoms with E-state index in [2.05, 4.69) is 11.1 Å². The lowest BCUT2D eigenvalue weighted by atomic mass is 9.92. The first-order valence-corrected chi connectivity index (χ1v) is 12.0. The monoisotopic (exact) mass is 494 g/mol. The van der Waals surface area contributed by atoms with E-state index in [9.17, 15) is 19.8 Å². The van der Waals surface area contributed by atoms with Crippen molar-refractivity contribution in [3.8, 4) is 0 Å². The first kappa shape index (κ1) is 23.3. The number of rotatable bonds is 8. The van der Waals surface area contributed by atoms with E-state index in [4.69, 9.17) is 23.2 Å². The molecule has 0 aliphatic heterocycles. The van der Waals surface area contributed by atoms with E-state index < -0.39 is 18.6 Å². The van der Waals surface area contributed by atoms with E-state index in [1.54, 1.807) is 13.1 Å². The molecule has 3 atom stereocenters. The maximum Gasteiger partial charge on any atom is 0.254 e. The van der Waals surface area contributed by atoms with Gasteiger partial charge in [-0.1, -0.05) is 47.5 Å². The van der Waals surface area contributed by atoms with Gasteiger partial charge in [-0.3, -0.25) is 9.59 Å². The molecule has 0 radical (unpaired) electrons. The number of halogens is 2. The van der Waals surface area contributed by atoms with E-state index in [0.29, 0.717) is 33.4 Å². The topological polar surface area (TPSA) is 93.6 Å². The molecule has 170 valence electrons. The number of likely N-dealkylation sites (N-methyl/N-ethyl adjacent to an activating group) is 1. The summed E-state index contributed by atoms with van der Waals surface area (Å²) in [6.07, 6.45) is 1.15. The summed E-state index contributed by atoms with van der Waals surface area (Å²) in [7, 11) is 1.66. The molecule has 1 unspecified atom stereocenters. The molecule has 1 aromatic carbocycles. The zero-order valence-corrected chi connectivity index (χ0v) is 19.8. The minimum atomic E-state index is -1.43. The lowest BCUT2D eigenvalue weighted by Crippen LogP contribution is -2.41. The van der Waals surface area contributed by atoms with Crippen LogP contribution in [0.15, 0.2) is 30.3 Å². The molecule has 0 saturated heterocycles. The van der Waals surface area contributed by atoms with E-state index in [0.717, 1.165) is 23.1 Å². The van der Waals surface area contributed by atoms with Crippen LogP contribution in [-0.2, 0) is 11.2 Å². The second kappa shape index (κ2) is 9.53. The van der Waals surface area contributed by atoms with Crippen LogP contribution in [0, 0.1) is 5.92 Å². The number of H-pyrrole nitrogens is 1. The summed E-state index contributed by atoms with van der Waals surface area (Å²) in [6.45, 7) is -0.612. The second-order valence-electron chi connectivity index (χ2n) is 8.18. The summed E-state index contributed by atoms with van der Waals surface area (Å²) in [5, 5.41) is 19.5. The lowest BCUT2D eigenvalue weighted by molar-refractivity contribution is -0.144. The molecular weight excluding hydrogens is 471 g/mol. The lowest BCUT2D eigenvalue weighted by Gasteiger charge is -2.32. The zero-order chi connectivity index (χ0) is 23.0. The quantitative estimate of drug-likeness (QED) is 0.398. The zero-order valence-electron chi connectivity index (χ0n) is 17.5. The van der Waals surface area contributed by atoms with Gasteiger partial charge in [0.1, 0.15) is 4.34 Å². The molecule has 1 aliphatic carbocycles. The van der Waals surface area contributed by atoms with Crippen LogP contribution < -0.4 is 0 Å². The second-order valence-corrected chi connectivity index (χ2v) is 10.2. The molecule has 3 aromatic rings. The molecule has 3 N–H and O–H groups in total. The molecular formula is C23H24Cl2N2O4S. The molecule has 9 heteroatoms. The van der Waals surface area contributed by atoms with Crippen LogP contribution >= 0.6 is 34.5 Å². The number of Topliss-reactive ketones (excluding diaryl/α,β-unsaturated/α-hetero) is 1. The fraction of sp³-hybridized carbons (Fsp3) is 0.391. The smallest absolute Gasteiger partial charge is 0.254 e. The number of nitrogens with zero attached hydrogens (tertiary/aromatic N) is 1. The highest BCUT2D eigenvalue weighted by atomic mass is 35.5. The Bertz CT molecular complexity index is 1160. The number of hydrogen-bond acceptors (Lipinski definition) is 5. The molecule has 32 heavy (non-hydrogen) atoms. The average molecular weight is 495 g/mol. The highest BCUT2D eigenvalue weighted by Gasteiger charge is 2.38. The molecule has 2 aromatic heterocycles. The number of fused-ring (bicyclic) bond motifs is 2. The Labute approximate surface area is 199 Å². The normalized spacial score (nSPS) is 18.7. The predicted octanol–water partition coefficient (Wildman–Crippen LogP) is 4.61. The van der Waals surface area contributed by atoms with E-state index in [1.807, 2.05) is 18.2 Å². The first-order valence-electron chi connectivity index (χ1n) is 10.4. The molecule has 1 amide bonds. The van der Waals surface area contributed by atoms with Crippen molar-refractivity contribution in [3.05, 3.63) is 56.5 Å². The average Bonchev–Trinajstić information content (AvgIpc) is 3.44. The van der Waals surface area contributed by atoms with Gasteiger partial charge in [-0.25, -0.2) is 0 Å². The van der Waals surface area contributed by atoms with Gasteiger partial charge in [-0.15, -0.1) is 11.3 Å². The number of ketones is 1. The van der Waals surface area contributed by atoms with Crippen molar-refractivity contribution in [2.24, 2.45) is 5.92 Å². The van der Waals surface area contributed by atoms with Crippen molar-refractivity contribution in [1.29, 1.82) is 0 Å². The Morgan fingerprint density at radius 2 is 2.06 bits per heavy atom. The molecule has 4 rings (SSSR count). The van der Waals surface area contributed by atoms with Crippen LogP contribution in [-0.4, -0.2) is 51.5 Å². The number of carbonyl (C=O) groups is 2. The first-order chi connectivity index (χ1) is 15.3. The number of hydrogen-bond donors (Lipinski definition) is 3. The highest BCUT2D eigenvalue weighted by Crippen LogP contribution is 2.43. The van der Waals surface area contributed by atoms with Crippen LogP contribution in [0.5, 0.6) is 0 Å². The van der Waals surface area contributed by atoms with Crippen LogP contribution in [0.2, 0.25) is 9.36 Å². The Morgan fingerprint density at radius 1 is 1.31 bits per heavy atom. The molecule has 0 bridgehead atoms. The fourth-order valence-electron chi connectivity index (χ4n) is 4.62. The number of benzene rings is 1. The maximum absolute atomic E-state index is 12.7. The third-order valence-electron chi connectivity index (χ3n) is 6.18. The Morgan fingerprint density at radius 3 is 2.78 bits per heavy atom. The minimum absolute atomic E-state index is 0.00721. The fourth-order valence-corrected chi connectivity index (χ4v) is 6.10. The Kier molecular flexibility index (Phi) is 6.93. The maximum atomic E-state index is 12.7. The van der Waals surface area contributed by atoms with Gasteiger partial charge in [0, 0.05) is 13.5 Å². The Balaban J connectivity index is 1.44. The number of carbonyl (C=O) groups excluding carboxylic acids is 2. The summed E-state index contributed by atoms with van der Waals surface area (Å²) in [5.74, 6) is -0.370. The summed E-state index contributed by atoms with van der Waals surface area (Å²) in [6, 6.07) is 9.55. The number of nitrogens with one attached hydrogen (secondary N) is 1.